The standard InChI is InChI=1S/C16H13F2NO3S/c1-9(20)19-14-6-10(2-5-15(14)21)16(22)8-23-11-3-4-12(17)13(18)7-11/h2-7,21H,8H2,1H3,(H,19,20). The van der Waals surface area contributed by atoms with Gasteiger partial charge in [0.2, 0.25) is 5.91 Å². The van der Waals surface area contributed by atoms with Gasteiger partial charge in [-0.3, -0.25) is 9.59 Å². The van der Waals surface area contributed by atoms with E-state index in [4.69, 9.17) is 0 Å². The molecule has 0 bridgehead atoms. The molecule has 2 aromatic carbocycles. The Hall–Kier alpha value is -2.41. The molecular weight excluding hydrogens is 324 g/mol. The molecule has 0 spiro atoms. The van der Waals surface area contributed by atoms with E-state index in [-0.39, 0.29) is 28.9 Å². The summed E-state index contributed by atoms with van der Waals surface area (Å²) >= 11 is 1.06. The van der Waals surface area contributed by atoms with Crippen molar-refractivity contribution in [1.29, 1.82) is 0 Å². The predicted octanol–water partition coefficient (Wildman–Crippen LogP) is 3.60. The van der Waals surface area contributed by atoms with Gasteiger partial charge >= 0.3 is 0 Å². The van der Waals surface area contributed by atoms with Gasteiger partial charge in [-0.1, -0.05) is 0 Å². The maximum absolute atomic E-state index is 13.1. The summed E-state index contributed by atoms with van der Waals surface area (Å²) in [6.45, 7) is 1.28. The zero-order valence-corrected chi connectivity index (χ0v) is 12.9. The number of rotatable bonds is 5. The van der Waals surface area contributed by atoms with Crippen LogP contribution < -0.4 is 5.32 Å². The van der Waals surface area contributed by atoms with Crippen molar-refractivity contribution >= 4 is 29.1 Å². The number of halogens is 2. The van der Waals surface area contributed by atoms with Crippen LogP contribution in [-0.4, -0.2) is 22.5 Å². The van der Waals surface area contributed by atoms with Crippen molar-refractivity contribution in [2.75, 3.05) is 11.1 Å². The van der Waals surface area contributed by atoms with E-state index in [1.54, 1.807) is 0 Å². The van der Waals surface area contributed by atoms with E-state index in [0.717, 1.165) is 23.9 Å². The fourth-order valence-corrected chi connectivity index (χ4v) is 2.61. The van der Waals surface area contributed by atoms with Gasteiger partial charge in [0.05, 0.1) is 11.4 Å². The average molecular weight is 337 g/mol. The second-order valence-corrected chi connectivity index (χ2v) is 5.75. The highest BCUT2D eigenvalue weighted by atomic mass is 32.2. The Bertz CT molecular complexity index is 765. The van der Waals surface area contributed by atoms with E-state index in [2.05, 4.69) is 5.32 Å². The molecular formula is C16H13F2NO3S. The molecule has 0 fully saturated rings. The van der Waals surface area contributed by atoms with Gasteiger partial charge in [0.15, 0.2) is 17.4 Å². The molecule has 4 nitrogen and oxygen atoms in total. The largest absolute Gasteiger partial charge is 0.506 e. The first-order chi connectivity index (χ1) is 10.9. The van der Waals surface area contributed by atoms with Crippen LogP contribution in [0.2, 0.25) is 0 Å². The number of hydrogen-bond donors (Lipinski definition) is 2. The number of hydrogen-bond acceptors (Lipinski definition) is 4. The third-order valence-corrected chi connectivity index (χ3v) is 3.88. The Balaban J connectivity index is 2.08. The van der Waals surface area contributed by atoms with Crippen molar-refractivity contribution < 1.29 is 23.5 Å². The van der Waals surface area contributed by atoms with Crippen LogP contribution in [0, 0.1) is 11.6 Å². The summed E-state index contributed by atoms with van der Waals surface area (Å²) in [6, 6.07) is 7.50. The lowest BCUT2D eigenvalue weighted by Crippen LogP contribution is -2.08. The Morgan fingerprint density at radius 1 is 1.13 bits per heavy atom. The molecule has 0 aliphatic rings. The van der Waals surface area contributed by atoms with Gasteiger partial charge in [-0.2, -0.15) is 0 Å². The van der Waals surface area contributed by atoms with Gasteiger partial charge < -0.3 is 10.4 Å². The third kappa shape index (κ3) is 4.53. The molecule has 0 aliphatic heterocycles. The number of aromatic hydroxyl groups is 1. The summed E-state index contributed by atoms with van der Waals surface area (Å²) in [5.74, 6) is -2.70. The fraction of sp³-hybridized carbons (Fsp3) is 0.125. The number of thioether (sulfide) groups is 1. The highest BCUT2D eigenvalue weighted by Crippen LogP contribution is 2.26. The smallest absolute Gasteiger partial charge is 0.221 e. The topological polar surface area (TPSA) is 66.4 Å². The number of nitrogens with one attached hydrogen (secondary N) is 1. The number of benzene rings is 2. The molecule has 2 N–H and O–H groups in total. The third-order valence-electron chi connectivity index (χ3n) is 2.89. The Labute approximate surface area is 135 Å². The van der Waals surface area contributed by atoms with Crippen molar-refractivity contribution in [2.24, 2.45) is 0 Å². The van der Waals surface area contributed by atoms with Crippen molar-refractivity contribution in [3.8, 4) is 5.75 Å². The first-order valence-electron chi connectivity index (χ1n) is 6.58. The molecule has 0 unspecified atom stereocenters. The molecule has 120 valence electrons. The van der Waals surface area contributed by atoms with Crippen LogP contribution >= 0.6 is 11.8 Å². The molecule has 7 heteroatoms. The van der Waals surface area contributed by atoms with Crippen LogP contribution in [0.1, 0.15) is 17.3 Å². The van der Waals surface area contributed by atoms with Gasteiger partial charge in [-0.15, -0.1) is 11.8 Å². The van der Waals surface area contributed by atoms with Crippen LogP contribution in [0.15, 0.2) is 41.3 Å². The highest BCUT2D eigenvalue weighted by molar-refractivity contribution is 8.00. The molecule has 2 rings (SSSR count). The molecule has 0 aliphatic carbocycles. The first kappa shape index (κ1) is 17.0. The number of Topliss-reactive ketones (excluding diaryl/α,β-unsaturated/α-hetero) is 1. The van der Waals surface area contributed by atoms with Crippen LogP contribution in [0.25, 0.3) is 0 Å². The molecule has 1 amide bonds. The van der Waals surface area contributed by atoms with E-state index >= 15 is 0 Å². The van der Waals surface area contributed by atoms with Gasteiger partial charge in [-0.05, 0) is 36.4 Å². The van der Waals surface area contributed by atoms with Gasteiger partial charge in [0, 0.05) is 17.4 Å². The zero-order valence-electron chi connectivity index (χ0n) is 12.1. The second-order valence-electron chi connectivity index (χ2n) is 4.70. The van der Waals surface area contributed by atoms with E-state index in [9.17, 15) is 23.5 Å². The van der Waals surface area contributed by atoms with E-state index < -0.39 is 11.6 Å². The maximum atomic E-state index is 13.1. The minimum atomic E-state index is -0.972. The SMILES string of the molecule is CC(=O)Nc1cc(C(=O)CSc2ccc(F)c(F)c2)ccc1O. The minimum absolute atomic E-state index is 0.00928. The molecule has 2 aromatic rings. The summed E-state index contributed by atoms with van der Waals surface area (Å²) < 4.78 is 25.9. The summed E-state index contributed by atoms with van der Waals surface area (Å²) in [6.07, 6.45) is 0. The summed E-state index contributed by atoms with van der Waals surface area (Å²) in [5, 5.41) is 12.0. The number of ketones is 1. The van der Waals surface area contributed by atoms with Gasteiger partial charge in [0.25, 0.3) is 0 Å². The normalized spacial score (nSPS) is 10.4. The summed E-state index contributed by atoms with van der Waals surface area (Å²) in [7, 11) is 0. The quantitative estimate of drug-likeness (QED) is 0.497. The average Bonchev–Trinajstić information content (AvgIpc) is 2.50. The number of phenols is 1. The summed E-state index contributed by atoms with van der Waals surface area (Å²) in [4.78, 5) is 23.6. The van der Waals surface area contributed by atoms with Crippen LogP contribution in [0.4, 0.5) is 14.5 Å². The Morgan fingerprint density at radius 2 is 1.87 bits per heavy atom. The lowest BCUT2D eigenvalue weighted by Gasteiger charge is -2.08. The van der Waals surface area contributed by atoms with Crippen LogP contribution in [-0.2, 0) is 4.79 Å². The fourth-order valence-electron chi connectivity index (χ4n) is 1.80. The molecule has 23 heavy (non-hydrogen) atoms. The monoisotopic (exact) mass is 337 g/mol. The molecule has 0 radical (unpaired) electrons. The van der Waals surface area contributed by atoms with Crippen molar-refractivity contribution in [3.63, 3.8) is 0 Å². The van der Waals surface area contributed by atoms with Gasteiger partial charge in [-0.25, -0.2) is 8.78 Å². The van der Waals surface area contributed by atoms with Gasteiger partial charge in [0.1, 0.15) is 5.75 Å². The van der Waals surface area contributed by atoms with E-state index in [0.29, 0.717) is 10.5 Å². The lowest BCUT2D eigenvalue weighted by atomic mass is 10.1. The number of carbonyl (C=O) groups is 2. The molecule has 0 atom stereocenters. The predicted molar refractivity (Wildman–Crippen MR) is 83.8 cm³/mol. The Morgan fingerprint density at radius 3 is 2.52 bits per heavy atom. The van der Waals surface area contributed by atoms with Crippen molar-refractivity contribution in [1.82, 2.24) is 0 Å². The van der Waals surface area contributed by atoms with Crippen LogP contribution in [0.5, 0.6) is 5.75 Å². The van der Waals surface area contributed by atoms with Crippen molar-refractivity contribution in [3.05, 3.63) is 53.6 Å². The van der Waals surface area contributed by atoms with E-state index in [1.165, 1.54) is 31.2 Å². The molecule has 0 saturated carbocycles. The van der Waals surface area contributed by atoms with Crippen LogP contribution in [0.3, 0.4) is 0 Å². The van der Waals surface area contributed by atoms with E-state index in [1.807, 2.05) is 0 Å². The summed E-state index contributed by atoms with van der Waals surface area (Å²) in [5.41, 5.74) is 0.433. The zero-order chi connectivity index (χ0) is 17.0. The highest BCUT2D eigenvalue weighted by Gasteiger charge is 2.12. The number of anilines is 1. The minimum Gasteiger partial charge on any atom is -0.506 e. The molecule has 0 aromatic heterocycles. The lowest BCUT2D eigenvalue weighted by molar-refractivity contribution is -0.114. The molecule has 0 saturated heterocycles. The number of carbonyl (C=O) groups excluding carboxylic acids is 2. The maximum Gasteiger partial charge on any atom is 0.221 e. The molecule has 0 heterocycles. The second kappa shape index (κ2) is 7.23. The van der Waals surface area contributed by atoms with Crippen molar-refractivity contribution in [2.45, 2.75) is 11.8 Å². The first-order valence-corrected chi connectivity index (χ1v) is 7.57. The Kier molecular flexibility index (Phi) is 5.33. The number of amides is 1. The number of phenolic OH excluding ortho intramolecular Hbond substituents is 1.